The van der Waals surface area contributed by atoms with Gasteiger partial charge < -0.3 is 15.5 Å². The monoisotopic (exact) mass is 248 g/mol. The summed E-state index contributed by atoms with van der Waals surface area (Å²) in [6.07, 6.45) is 2.66. The van der Waals surface area contributed by atoms with Crippen LogP contribution in [0.15, 0.2) is 12.3 Å². The highest BCUT2D eigenvalue weighted by Gasteiger charge is 2.23. The molecule has 0 spiro atoms. The van der Waals surface area contributed by atoms with Crippen LogP contribution in [0.4, 0.5) is 5.82 Å². The normalized spacial score (nSPS) is 21.7. The van der Waals surface area contributed by atoms with Gasteiger partial charge in [0.05, 0.1) is 11.8 Å². The molecule has 0 amide bonds. The van der Waals surface area contributed by atoms with Crippen molar-refractivity contribution in [2.45, 2.75) is 19.4 Å². The topological polar surface area (TPSA) is 82.1 Å². The van der Waals surface area contributed by atoms with Crippen LogP contribution < -0.4 is 10.6 Å². The molecule has 1 aromatic heterocycles. The van der Waals surface area contributed by atoms with Crippen molar-refractivity contribution in [2.24, 2.45) is 5.73 Å². The van der Waals surface area contributed by atoms with Gasteiger partial charge in [-0.2, -0.15) is 5.10 Å². The molecule has 0 bridgehead atoms. The molecule has 6 nitrogen and oxygen atoms in total. The van der Waals surface area contributed by atoms with Crippen LogP contribution in [0.3, 0.4) is 0 Å². The van der Waals surface area contributed by atoms with Gasteiger partial charge >= 0.3 is 0 Å². The Kier molecular flexibility index (Phi) is 3.76. The number of nitrogens with two attached hydrogens (primary N) is 1. The highest BCUT2D eigenvalue weighted by molar-refractivity contribution is 5.99. The van der Waals surface area contributed by atoms with E-state index in [1.807, 2.05) is 0 Å². The van der Waals surface area contributed by atoms with Crippen LogP contribution in [0, 0.1) is 5.41 Å². The van der Waals surface area contributed by atoms with Crippen LogP contribution in [0.1, 0.15) is 18.9 Å². The van der Waals surface area contributed by atoms with E-state index < -0.39 is 0 Å². The number of hydrogen-bond acceptors (Lipinski definition) is 5. The summed E-state index contributed by atoms with van der Waals surface area (Å²) in [4.78, 5) is 4.52. The Morgan fingerprint density at radius 3 is 3.00 bits per heavy atom. The van der Waals surface area contributed by atoms with E-state index in [0.29, 0.717) is 11.6 Å². The molecule has 2 heterocycles. The molecule has 0 saturated carbocycles. The second kappa shape index (κ2) is 5.30. The van der Waals surface area contributed by atoms with E-state index in [1.165, 1.54) is 0 Å². The molecule has 18 heavy (non-hydrogen) atoms. The highest BCUT2D eigenvalue weighted by Crippen LogP contribution is 2.20. The fraction of sp³-hybridized carbons (Fsp3) is 0.583. The summed E-state index contributed by atoms with van der Waals surface area (Å²) in [5.41, 5.74) is 6.28. The Morgan fingerprint density at radius 2 is 2.28 bits per heavy atom. The third-order valence-electron chi connectivity index (χ3n) is 3.31. The van der Waals surface area contributed by atoms with Crippen molar-refractivity contribution >= 4 is 11.7 Å². The molecule has 1 fully saturated rings. The standard InChI is InChI=1S/C12H20N6/c1-9-8-17(2)6-3-7-18(9)12-10(11(13)14)4-5-15-16-12/h4-5,9H,3,6-8H2,1-2H3,(H3,13,14). The van der Waals surface area contributed by atoms with Crippen LogP contribution in [0.2, 0.25) is 0 Å². The van der Waals surface area contributed by atoms with Crippen LogP contribution in [0.25, 0.3) is 0 Å². The first-order valence-electron chi connectivity index (χ1n) is 6.21. The zero-order chi connectivity index (χ0) is 13.1. The van der Waals surface area contributed by atoms with Crippen LogP contribution >= 0.6 is 0 Å². The van der Waals surface area contributed by atoms with Crippen molar-refractivity contribution in [1.29, 1.82) is 5.41 Å². The number of nitrogens with one attached hydrogen (secondary N) is 1. The van der Waals surface area contributed by atoms with Crippen LogP contribution in [-0.2, 0) is 0 Å². The van der Waals surface area contributed by atoms with Crippen molar-refractivity contribution in [3.8, 4) is 0 Å². The maximum Gasteiger partial charge on any atom is 0.162 e. The molecule has 0 radical (unpaired) electrons. The van der Waals surface area contributed by atoms with E-state index in [1.54, 1.807) is 12.3 Å². The quantitative estimate of drug-likeness (QED) is 0.581. The molecule has 1 aliphatic rings. The van der Waals surface area contributed by atoms with Gasteiger partial charge in [0.25, 0.3) is 0 Å². The first-order valence-corrected chi connectivity index (χ1v) is 6.21. The molecule has 98 valence electrons. The van der Waals surface area contributed by atoms with Crippen molar-refractivity contribution in [1.82, 2.24) is 15.1 Å². The number of hydrogen-bond donors (Lipinski definition) is 2. The van der Waals surface area contributed by atoms with Gasteiger partial charge in [0.1, 0.15) is 5.84 Å². The van der Waals surface area contributed by atoms with Crippen LogP contribution in [0.5, 0.6) is 0 Å². The lowest BCUT2D eigenvalue weighted by Gasteiger charge is -2.29. The van der Waals surface area contributed by atoms with Gasteiger partial charge in [-0.3, -0.25) is 5.41 Å². The molecule has 6 heteroatoms. The first-order chi connectivity index (χ1) is 8.59. The molecule has 1 atom stereocenters. The van der Waals surface area contributed by atoms with Crippen molar-refractivity contribution in [3.05, 3.63) is 17.8 Å². The molecule has 0 aromatic carbocycles. The summed E-state index contributed by atoms with van der Waals surface area (Å²) in [5.74, 6) is 0.775. The summed E-state index contributed by atoms with van der Waals surface area (Å²) >= 11 is 0. The molecular weight excluding hydrogens is 228 g/mol. The predicted molar refractivity (Wildman–Crippen MR) is 72.0 cm³/mol. The summed E-state index contributed by atoms with van der Waals surface area (Å²) in [7, 11) is 2.13. The minimum Gasteiger partial charge on any atom is -0.384 e. The summed E-state index contributed by atoms with van der Waals surface area (Å²) < 4.78 is 0. The van der Waals surface area contributed by atoms with E-state index in [4.69, 9.17) is 11.1 Å². The lowest BCUT2D eigenvalue weighted by molar-refractivity contribution is 0.337. The molecule has 0 aliphatic carbocycles. The van der Waals surface area contributed by atoms with Crippen molar-refractivity contribution < 1.29 is 0 Å². The van der Waals surface area contributed by atoms with Gasteiger partial charge in [-0.05, 0) is 33.0 Å². The average Bonchev–Trinajstić information content (AvgIpc) is 2.50. The van der Waals surface area contributed by atoms with E-state index >= 15 is 0 Å². The smallest absolute Gasteiger partial charge is 0.162 e. The summed E-state index contributed by atoms with van der Waals surface area (Å²) in [6.45, 7) is 5.15. The van der Waals surface area contributed by atoms with E-state index in [2.05, 4.69) is 34.0 Å². The fourth-order valence-corrected chi connectivity index (χ4v) is 2.43. The second-order valence-electron chi connectivity index (χ2n) is 4.84. The minimum absolute atomic E-state index is 0.0460. The summed E-state index contributed by atoms with van der Waals surface area (Å²) in [5, 5.41) is 15.7. The molecular formula is C12H20N6. The SMILES string of the molecule is CC1CN(C)CCCN1c1nnccc1C(=N)N. The Hall–Kier alpha value is -1.69. The summed E-state index contributed by atoms with van der Waals surface area (Å²) in [6, 6.07) is 2.10. The lowest BCUT2D eigenvalue weighted by Crippen LogP contribution is -2.39. The third kappa shape index (κ3) is 2.59. The van der Waals surface area contributed by atoms with Gasteiger partial charge in [-0.1, -0.05) is 0 Å². The second-order valence-corrected chi connectivity index (χ2v) is 4.84. The first kappa shape index (κ1) is 12.8. The van der Waals surface area contributed by atoms with Crippen LogP contribution in [-0.4, -0.2) is 53.7 Å². The molecule has 1 unspecified atom stereocenters. The molecule has 1 saturated heterocycles. The van der Waals surface area contributed by atoms with Crippen molar-refractivity contribution in [2.75, 3.05) is 31.6 Å². The third-order valence-corrected chi connectivity index (χ3v) is 3.31. The number of amidine groups is 1. The zero-order valence-corrected chi connectivity index (χ0v) is 10.9. The largest absolute Gasteiger partial charge is 0.384 e. The number of aromatic nitrogens is 2. The highest BCUT2D eigenvalue weighted by atomic mass is 15.3. The Labute approximate surface area is 107 Å². The molecule has 1 aromatic rings. The van der Waals surface area contributed by atoms with Gasteiger partial charge in [0.2, 0.25) is 0 Å². The lowest BCUT2D eigenvalue weighted by atomic mass is 10.2. The Morgan fingerprint density at radius 1 is 1.50 bits per heavy atom. The predicted octanol–water partition coefficient (Wildman–Crippen LogP) is 0.291. The Balaban J connectivity index is 2.32. The number of likely N-dealkylation sites (N-methyl/N-ethyl adjacent to an activating group) is 1. The number of nitrogens with zero attached hydrogens (tertiary/aromatic N) is 4. The maximum atomic E-state index is 7.63. The number of nitrogen functional groups attached to an aromatic ring is 1. The van der Waals surface area contributed by atoms with Gasteiger partial charge in [-0.15, -0.1) is 5.10 Å². The average molecular weight is 248 g/mol. The number of anilines is 1. The number of rotatable bonds is 2. The minimum atomic E-state index is 0.0460. The maximum absolute atomic E-state index is 7.63. The molecule has 2 rings (SSSR count). The van der Waals surface area contributed by atoms with Gasteiger partial charge in [0.15, 0.2) is 5.82 Å². The molecule has 3 N–H and O–H groups in total. The Bertz CT molecular complexity index is 432. The van der Waals surface area contributed by atoms with Crippen molar-refractivity contribution in [3.63, 3.8) is 0 Å². The van der Waals surface area contributed by atoms with E-state index in [0.717, 1.165) is 31.9 Å². The van der Waals surface area contributed by atoms with E-state index in [-0.39, 0.29) is 5.84 Å². The zero-order valence-electron chi connectivity index (χ0n) is 10.9. The fourth-order valence-electron chi connectivity index (χ4n) is 2.43. The molecule has 1 aliphatic heterocycles. The van der Waals surface area contributed by atoms with E-state index in [9.17, 15) is 0 Å². The van der Waals surface area contributed by atoms with Gasteiger partial charge in [0, 0.05) is 19.1 Å². The van der Waals surface area contributed by atoms with Gasteiger partial charge in [-0.25, -0.2) is 0 Å².